The van der Waals surface area contributed by atoms with E-state index in [1.54, 1.807) is 13.1 Å². The summed E-state index contributed by atoms with van der Waals surface area (Å²) in [4.78, 5) is 25.2. The summed E-state index contributed by atoms with van der Waals surface area (Å²) in [5.74, 6) is 0.0270. The van der Waals surface area contributed by atoms with Crippen molar-refractivity contribution in [3.63, 3.8) is 0 Å². The molecule has 6 heteroatoms. The molecule has 1 saturated carbocycles. The maximum Gasteiger partial charge on any atom is 0.328 e. The Morgan fingerprint density at radius 1 is 1.53 bits per heavy atom. The highest BCUT2D eigenvalue weighted by molar-refractivity contribution is 5.03. The number of aromatic amines is 1. The minimum Gasteiger partial charge on any atom is -0.396 e. The van der Waals surface area contributed by atoms with Crippen LogP contribution in [0.5, 0.6) is 0 Å². The molecule has 1 aromatic heterocycles. The second kappa shape index (κ2) is 4.46. The van der Waals surface area contributed by atoms with Crippen molar-refractivity contribution in [2.45, 2.75) is 31.8 Å². The molecular weight excluding hydrogens is 222 g/mol. The molecule has 0 radical (unpaired) electrons. The van der Waals surface area contributed by atoms with E-state index in [4.69, 9.17) is 10.8 Å². The number of H-pyrrole nitrogens is 1. The van der Waals surface area contributed by atoms with Crippen LogP contribution in [0.4, 0.5) is 0 Å². The van der Waals surface area contributed by atoms with Gasteiger partial charge in [0.05, 0.1) is 0 Å². The van der Waals surface area contributed by atoms with Crippen molar-refractivity contribution in [1.29, 1.82) is 0 Å². The summed E-state index contributed by atoms with van der Waals surface area (Å²) in [5, 5.41) is 9.14. The second-order valence-electron chi connectivity index (χ2n) is 4.71. The molecule has 1 aromatic rings. The second-order valence-corrected chi connectivity index (χ2v) is 4.71. The molecule has 4 N–H and O–H groups in total. The van der Waals surface area contributed by atoms with E-state index in [2.05, 4.69) is 4.98 Å². The van der Waals surface area contributed by atoms with Gasteiger partial charge in [0.1, 0.15) is 0 Å². The lowest BCUT2D eigenvalue weighted by atomic mass is 10.1. The fraction of sp³-hybridized carbons (Fsp3) is 0.636. The number of aryl methyl sites for hydroxylation is 1. The van der Waals surface area contributed by atoms with E-state index in [-0.39, 0.29) is 30.2 Å². The Morgan fingerprint density at radius 3 is 2.82 bits per heavy atom. The van der Waals surface area contributed by atoms with E-state index in [0.717, 1.165) is 0 Å². The quantitative estimate of drug-likeness (QED) is 0.623. The third-order valence-electron chi connectivity index (χ3n) is 3.50. The highest BCUT2D eigenvalue weighted by Gasteiger charge is 2.32. The van der Waals surface area contributed by atoms with Crippen LogP contribution in [0.25, 0.3) is 0 Å². The van der Waals surface area contributed by atoms with Crippen molar-refractivity contribution in [1.82, 2.24) is 9.55 Å². The van der Waals surface area contributed by atoms with Gasteiger partial charge in [-0.2, -0.15) is 0 Å². The summed E-state index contributed by atoms with van der Waals surface area (Å²) in [7, 11) is 0. The normalized spacial score (nSPS) is 28.5. The molecule has 0 aliphatic heterocycles. The number of nitrogens with two attached hydrogens (primary N) is 1. The molecule has 1 heterocycles. The summed E-state index contributed by atoms with van der Waals surface area (Å²) < 4.78 is 1.52. The molecule has 0 saturated heterocycles. The van der Waals surface area contributed by atoms with Crippen LogP contribution in [0.15, 0.2) is 15.8 Å². The third-order valence-corrected chi connectivity index (χ3v) is 3.50. The first-order valence-corrected chi connectivity index (χ1v) is 5.71. The molecule has 3 atom stereocenters. The van der Waals surface area contributed by atoms with Crippen molar-refractivity contribution in [3.05, 3.63) is 32.6 Å². The highest BCUT2D eigenvalue weighted by atomic mass is 16.3. The molecule has 94 valence electrons. The number of hydrogen-bond acceptors (Lipinski definition) is 4. The number of aliphatic hydroxyl groups is 1. The highest BCUT2D eigenvalue weighted by Crippen LogP contribution is 2.32. The predicted octanol–water partition coefficient (Wildman–Crippen LogP) is -0.884. The summed E-state index contributed by atoms with van der Waals surface area (Å²) in [6, 6.07) is -0.130. The molecule has 1 aliphatic carbocycles. The van der Waals surface area contributed by atoms with Crippen molar-refractivity contribution in [2.75, 3.05) is 6.61 Å². The van der Waals surface area contributed by atoms with Crippen LogP contribution in [0.2, 0.25) is 0 Å². The molecule has 1 aliphatic rings. The minimum absolute atomic E-state index is 0.0270. The fourth-order valence-corrected chi connectivity index (χ4v) is 2.42. The molecule has 1 fully saturated rings. The van der Waals surface area contributed by atoms with Gasteiger partial charge in [0.2, 0.25) is 0 Å². The topological polar surface area (TPSA) is 101 Å². The molecule has 0 bridgehead atoms. The summed E-state index contributed by atoms with van der Waals surface area (Å²) in [6.45, 7) is 1.70. The first-order chi connectivity index (χ1) is 8.02. The maximum absolute atomic E-state index is 11.7. The maximum atomic E-state index is 11.7. The van der Waals surface area contributed by atoms with Gasteiger partial charge in [-0.3, -0.25) is 14.3 Å². The summed E-state index contributed by atoms with van der Waals surface area (Å²) >= 11 is 0. The average Bonchev–Trinajstić information content (AvgIpc) is 2.65. The van der Waals surface area contributed by atoms with Crippen molar-refractivity contribution in [2.24, 2.45) is 11.7 Å². The van der Waals surface area contributed by atoms with Crippen LogP contribution in [-0.4, -0.2) is 27.3 Å². The van der Waals surface area contributed by atoms with Gasteiger partial charge in [0.25, 0.3) is 5.56 Å². The first-order valence-electron chi connectivity index (χ1n) is 5.71. The minimum atomic E-state index is -0.406. The van der Waals surface area contributed by atoms with Gasteiger partial charge in [-0.25, -0.2) is 4.79 Å². The Bertz CT molecular complexity index is 519. The lowest BCUT2D eigenvalue weighted by Crippen LogP contribution is -2.33. The Labute approximate surface area is 98.1 Å². The molecular formula is C11H17N3O3. The SMILES string of the molecule is Cc1cn(C2CC(N)C(CO)C2)c(=O)[nH]c1=O. The van der Waals surface area contributed by atoms with Crippen LogP contribution in [0, 0.1) is 12.8 Å². The Morgan fingerprint density at radius 2 is 2.24 bits per heavy atom. The van der Waals surface area contributed by atoms with Crippen LogP contribution >= 0.6 is 0 Å². The monoisotopic (exact) mass is 239 g/mol. The zero-order valence-corrected chi connectivity index (χ0v) is 9.72. The van der Waals surface area contributed by atoms with Gasteiger partial charge in [-0.1, -0.05) is 0 Å². The Hall–Kier alpha value is -1.40. The van der Waals surface area contributed by atoms with E-state index in [1.165, 1.54) is 4.57 Å². The van der Waals surface area contributed by atoms with Crippen molar-refractivity contribution >= 4 is 0 Å². The lowest BCUT2D eigenvalue weighted by Gasteiger charge is -2.13. The van der Waals surface area contributed by atoms with Crippen LogP contribution < -0.4 is 17.0 Å². The van der Waals surface area contributed by atoms with E-state index in [1.807, 2.05) is 0 Å². The van der Waals surface area contributed by atoms with Gasteiger partial charge in [-0.15, -0.1) is 0 Å². The molecule has 17 heavy (non-hydrogen) atoms. The van der Waals surface area contributed by atoms with Gasteiger partial charge in [-0.05, 0) is 25.7 Å². The number of rotatable bonds is 2. The van der Waals surface area contributed by atoms with Gasteiger partial charge >= 0.3 is 5.69 Å². The van der Waals surface area contributed by atoms with Gasteiger partial charge in [0.15, 0.2) is 0 Å². The van der Waals surface area contributed by atoms with Crippen molar-refractivity contribution < 1.29 is 5.11 Å². The number of nitrogens with one attached hydrogen (secondary N) is 1. The molecule has 0 amide bonds. The molecule has 0 aromatic carbocycles. The zero-order valence-electron chi connectivity index (χ0n) is 9.72. The third kappa shape index (κ3) is 2.18. The molecule has 2 rings (SSSR count). The Kier molecular flexibility index (Phi) is 3.17. The lowest BCUT2D eigenvalue weighted by molar-refractivity contribution is 0.215. The standard InChI is InChI=1S/C11H17N3O3/c1-6-4-14(11(17)13-10(6)16)8-2-7(5-15)9(12)3-8/h4,7-9,15H,2-3,5,12H2,1H3,(H,13,16,17). The van der Waals surface area contributed by atoms with Crippen LogP contribution in [-0.2, 0) is 0 Å². The first kappa shape index (κ1) is 12.1. The zero-order chi connectivity index (χ0) is 12.6. The number of hydrogen-bond donors (Lipinski definition) is 3. The summed E-state index contributed by atoms with van der Waals surface area (Å²) in [5.41, 5.74) is 5.63. The number of aliphatic hydroxyl groups excluding tert-OH is 1. The molecule has 0 spiro atoms. The average molecular weight is 239 g/mol. The van der Waals surface area contributed by atoms with Crippen LogP contribution in [0.3, 0.4) is 0 Å². The van der Waals surface area contributed by atoms with E-state index < -0.39 is 5.69 Å². The predicted molar refractivity (Wildman–Crippen MR) is 62.9 cm³/mol. The molecule has 3 unspecified atom stereocenters. The van der Waals surface area contributed by atoms with Gasteiger partial charge < -0.3 is 10.8 Å². The summed E-state index contributed by atoms with van der Waals surface area (Å²) in [6.07, 6.45) is 2.89. The Balaban J connectivity index is 2.34. The van der Waals surface area contributed by atoms with E-state index >= 15 is 0 Å². The number of aromatic nitrogens is 2. The van der Waals surface area contributed by atoms with E-state index in [0.29, 0.717) is 18.4 Å². The van der Waals surface area contributed by atoms with E-state index in [9.17, 15) is 9.59 Å². The fourth-order valence-electron chi connectivity index (χ4n) is 2.42. The van der Waals surface area contributed by atoms with Crippen molar-refractivity contribution in [3.8, 4) is 0 Å². The van der Waals surface area contributed by atoms with Gasteiger partial charge in [0, 0.05) is 30.5 Å². The largest absolute Gasteiger partial charge is 0.396 e. The van der Waals surface area contributed by atoms with Crippen LogP contribution in [0.1, 0.15) is 24.4 Å². The smallest absolute Gasteiger partial charge is 0.328 e. The number of nitrogens with zero attached hydrogens (tertiary/aromatic N) is 1. The molecule has 6 nitrogen and oxygen atoms in total.